The van der Waals surface area contributed by atoms with Gasteiger partial charge in [0.25, 0.3) is 5.91 Å². The van der Waals surface area contributed by atoms with Gasteiger partial charge in [-0.25, -0.2) is 0 Å². The highest BCUT2D eigenvalue weighted by molar-refractivity contribution is 9.10. The summed E-state index contributed by atoms with van der Waals surface area (Å²) in [7, 11) is 0. The van der Waals surface area contributed by atoms with Crippen molar-refractivity contribution in [1.29, 1.82) is 0 Å². The summed E-state index contributed by atoms with van der Waals surface area (Å²) in [5, 5.41) is 2.13. The second kappa shape index (κ2) is 9.37. The standard InChI is InChI=1S/C16H13BrN2O2.2C2H6/c1-9(15(18)20)7-19-8-14-12(16(19)21)5-3-10-2-4-11(17)6-13(10)14;2*1-2/h2-6H,1,7-8H2,(H2,18,20);2*1-2H3. The lowest BCUT2D eigenvalue weighted by molar-refractivity contribution is -0.114. The number of primary amides is 1. The van der Waals surface area contributed by atoms with Gasteiger partial charge < -0.3 is 10.6 Å². The van der Waals surface area contributed by atoms with E-state index in [0.29, 0.717) is 12.1 Å². The Morgan fingerprint density at radius 3 is 2.40 bits per heavy atom. The molecule has 1 aliphatic heterocycles. The van der Waals surface area contributed by atoms with E-state index >= 15 is 0 Å². The Hall–Kier alpha value is -2.14. The van der Waals surface area contributed by atoms with Crippen molar-refractivity contribution in [2.75, 3.05) is 6.54 Å². The summed E-state index contributed by atoms with van der Waals surface area (Å²) in [6.45, 7) is 12.2. The Balaban J connectivity index is 0.000000730. The van der Waals surface area contributed by atoms with E-state index in [1.54, 1.807) is 4.90 Å². The lowest BCUT2D eigenvalue weighted by Gasteiger charge is -2.15. The second-order valence-electron chi connectivity index (χ2n) is 5.09. The zero-order chi connectivity index (χ0) is 19.1. The number of benzene rings is 2. The van der Waals surface area contributed by atoms with Crippen molar-refractivity contribution in [3.05, 3.63) is 58.1 Å². The van der Waals surface area contributed by atoms with Gasteiger partial charge in [-0.3, -0.25) is 9.59 Å². The van der Waals surface area contributed by atoms with Gasteiger partial charge in [0.2, 0.25) is 5.91 Å². The van der Waals surface area contributed by atoms with Crippen LogP contribution in [-0.2, 0) is 11.3 Å². The number of nitrogens with two attached hydrogens (primary N) is 1. The molecule has 2 amide bonds. The minimum Gasteiger partial charge on any atom is -0.366 e. The fraction of sp³-hybridized carbons (Fsp3) is 0.300. The average Bonchev–Trinajstić information content (AvgIpc) is 2.95. The molecule has 2 N–H and O–H groups in total. The monoisotopic (exact) mass is 404 g/mol. The molecule has 0 spiro atoms. The summed E-state index contributed by atoms with van der Waals surface area (Å²) in [5.41, 5.74) is 7.09. The molecular weight excluding hydrogens is 380 g/mol. The fourth-order valence-corrected chi connectivity index (χ4v) is 2.95. The van der Waals surface area contributed by atoms with Gasteiger partial charge in [-0.2, -0.15) is 0 Å². The molecule has 1 heterocycles. The van der Waals surface area contributed by atoms with Crippen LogP contribution >= 0.6 is 15.9 Å². The maximum atomic E-state index is 12.4. The van der Waals surface area contributed by atoms with Crippen LogP contribution < -0.4 is 5.73 Å². The minimum atomic E-state index is -0.577. The van der Waals surface area contributed by atoms with Gasteiger partial charge in [-0.05, 0) is 34.5 Å². The van der Waals surface area contributed by atoms with Gasteiger partial charge >= 0.3 is 0 Å². The van der Waals surface area contributed by atoms with Crippen molar-refractivity contribution in [2.45, 2.75) is 34.2 Å². The Labute approximate surface area is 157 Å². The number of hydrogen-bond acceptors (Lipinski definition) is 2. The molecule has 0 aliphatic carbocycles. The van der Waals surface area contributed by atoms with Gasteiger partial charge in [0.15, 0.2) is 0 Å². The van der Waals surface area contributed by atoms with Gasteiger partial charge in [-0.1, -0.05) is 62.3 Å². The van der Waals surface area contributed by atoms with E-state index in [0.717, 1.165) is 20.8 Å². The van der Waals surface area contributed by atoms with Crippen LogP contribution in [-0.4, -0.2) is 23.3 Å². The quantitative estimate of drug-likeness (QED) is 0.756. The highest BCUT2D eigenvalue weighted by atomic mass is 79.9. The normalized spacial score (nSPS) is 11.9. The van der Waals surface area contributed by atoms with Crippen LogP contribution in [0.1, 0.15) is 43.6 Å². The summed E-state index contributed by atoms with van der Waals surface area (Å²) in [6.07, 6.45) is 0. The molecular formula is C20H25BrN2O2. The van der Waals surface area contributed by atoms with E-state index in [-0.39, 0.29) is 18.0 Å². The summed E-state index contributed by atoms with van der Waals surface area (Å²) < 4.78 is 0.968. The van der Waals surface area contributed by atoms with Crippen LogP contribution in [0.5, 0.6) is 0 Å². The van der Waals surface area contributed by atoms with Crippen molar-refractivity contribution in [3.63, 3.8) is 0 Å². The van der Waals surface area contributed by atoms with Crippen LogP contribution in [0, 0.1) is 0 Å². The van der Waals surface area contributed by atoms with Crippen molar-refractivity contribution < 1.29 is 9.59 Å². The van der Waals surface area contributed by atoms with E-state index in [2.05, 4.69) is 22.5 Å². The number of nitrogens with zero attached hydrogens (tertiary/aromatic N) is 1. The third kappa shape index (κ3) is 4.48. The van der Waals surface area contributed by atoms with Crippen LogP contribution in [0.25, 0.3) is 10.8 Å². The van der Waals surface area contributed by atoms with E-state index < -0.39 is 5.91 Å². The first-order valence-electron chi connectivity index (χ1n) is 8.45. The highest BCUT2D eigenvalue weighted by Gasteiger charge is 2.29. The summed E-state index contributed by atoms with van der Waals surface area (Å²) >= 11 is 3.46. The minimum absolute atomic E-state index is 0.0886. The predicted molar refractivity (Wildman–Crippen MR) is 107 cm³/mol. The van der Waals surface area contributed by atoms with Crippen LogP contribution in [0.15, 0.2) is 47.0 Å². The SMILES string of the molecule is C=C(CN1Cc2c(ccc3ccc(Br)cc23)C1=O)C(N)=O.CC.CC. The topological polar surface area (TPSA) is 63.4 Å². The van der Waals surface area contributed by atoms with Crippen LogP contribution in [0.2, 0.25) is 0 Å². The molecule has 2 aromatic rings. The summed E-state index contributed by atoms with van der Waals surface area (Å²) in [6, 6.07) is 9.76. The van der Waals surface area contributed by atoms with Crippen molar-refractivity contribution in [2.24, 2.45) is 5.73 Å². The van der Waals surface area contributed by atoms with Crippen molar-refractivity contribution >= 4 is 38.5 Å². The van der Waals surface area contributed by atoms with Crippen LogP contribution in [0.3, 0.4) is 0 Å². The van der Waals surface area contributed by atoms with Crippen molar-refractivity contribution in [1.82, 2.24) is 4.90 Å². The molecule has 0 saturated carbocycles. The molecule has 0 unspecified atom stereocenters. The molecule has 0 aromatic heterocycles. The number of carbonyl (C=O) groups excluding carboxylic acids is 2. The summed E-state index contributed by atoms with van der Waals surface area (Å²) in [4.78, 5) is 25.1. The fourth-order valence-electron chi connectivity index (χ4n) is 2.59. The number of hydrogen-bond donors (Lipinski definition) is 1. The average molecular weight is 405 g/mol. The number of amides is 2. The molecule has 25 heavy (non-hydrogen) atoms. The van der Waals surface area contributed by atoms with Gasteiger partial charge in [0.1, 0.15) is 0 Å². The predicted octanol–water partition coefficient (Wildman–Crippen LogP) is 4.65. The summed E-state index contributed by atoms with van der Waals surface area (Å²) in [5.74, 6) is -0.666. The molecule has 5 heteroatoms. The largest absolute Gasteiger partial charge is 0.366 e. The van der Waals surface area contributed by atoms with E-state index in [1.165, 1.54) is 0 Å². The first-order chi connectivity index (χ1) is 12.0. The smallest absolute Gasteiger partial charge is 0.254 e. The highest BCUT2D eigenvalue weighted by Crippen LogP contribution is 2.32. The second-order valence-corrected chi connectivity index (χ2v) is 6.00. The zero-order valence-corrected chi connectivity index (χ0v) is 16.8. The zero-order valence-electron chi connectivity index (χ0n) is 15.2. The maximum Gasteiger partial charge on any atom is 0.254 e. The van der Waals surface area contributed by atoms with E-state index in [4.69, 9.17) is 5.73 Å². The Bertz CT molecular complexity index is 800. The van der Waals surface area contributed by atoms with Crippen molar-refractivity contribution in [3.8, 4) is 0 Å². The Morgan fingerprint density at radius 2 is 1.80 bits per heavy atom. The van der Waals surface area contributed by atoms with E-state index in [9.17, 15) is 9.59 Å². The first-order valence-corrected chi connectivity index (χ1v) is 9.24. The third-order valence-corrected chi connectivity index (χ3v) is 4.19. The number of fused-ring (bicyclic) bond motifs is 3. The molecule has 4 nitrogen and oxygen atoms in total. The third-order valence-electron chi connectivity index (χ3n) is 3.69. The molecule has 0 radical (unpaired) electrons. The molecule has 2 aromatic carbocycles. The number of rotatable bonds is 3. The molecule has 0 bridgehead atoms. The molecule has 0 fully saturated rings. The van der Waals surface area contributed by atoms with Gasteiger partial charge in [0, 0.05) is 22.2 Å². The first kappa shape index (κ1) is 20.9. The molecule has 0 atom stereocenters. The molecule has 134 valence electrons. The van der Waals surface area contributed by atoms with E-state index in [1.807, 2.05) is 58.0 Å². The van der Waals surface area contributed by atoms with Crippen LogP contribution in [0.4, 0.5) is 0 Å². The number of carbonyl (C=O) groups is 2. The lowest BCUT2D eigenvalue weighted by Crippen LogP contribution is -2.30. The van der Waals surface area contributed by atoms with Gasteiger partial charge in [-0.15, -0.1) is 0 Å². The molecule has 1 aliphatic rings. The Morgan fingerprint density at radius 1 is 1.20 bits per heavy atom. The molecule has 3 rings (SSSR count). The van der Waals surface area contributed by atoms with Gasteiger partial charge in [0.05, 0.1) is 6.54 Å². The number of halogens is 1. The molecule has 0 saturated heterocycles. The maximum absolute atomic E-state index is 12.4. The Kier molecular flexibility index (Phi) is 7.84. The lowest BCUT2D eigenvalue weighted by atomic mass is 10.0.